The first-order valence-electron chi connectivity index (χ1n) is 9.90. The molecule has 0 aliphatic heterocycles. The smallest absolute Gasteiger partial charge is 0.240 e. The number of nitrogens with one attached hydrogen (secondary N) is 2. The molecule has 0 aliphatic carbocycles. The summed E-state index contributed by atoms with van der Waals surface area (Å²) in [5, 5.41) is 8.83. The molecule has 0 aliphatic rings. The summed E-state index contributed by atoms with van der Waals surface area (Å²) in [4.78, 5) is 24.1. The third kappa shape index (κ3) is 5.44. The largest absolute Gasteiger partial charge is 0.493 e. The standard InChI is InChI=1S/C24H25N3O3/c1-3-30-22-13-12-18(19-9-5-6-10-20(19)22)16-25-27-24(29)15-14-23(28)26-21-11-7-4-8-17(21)2/h4-13,16H,3,14-15H2,1-2H3,(H,26,28)(H,27,29). The van der Waals surface area contributed by atoms with E-state index < -0.39 is 0 Å². The Morgan fingerprint density at radius 3 is 2.40 bits per heavy atom. The van der Waals surface area contributed by atoms with E-state index >= 15 is 0 Å². The highest BCUT2D eigenvalue weighted by Crippen LogP contribution is 2.27. The van der Waals surface area contributed by atoms with Crippen LogP contribution in [0.25, 0.3) is 10.8 Å². The van der Waals surface area contributed by atoms with Gasteiger partial charge >= 0.3 is 0 Å². The predicted octanol–water partition coefficient (Wildman–Crippen LogP) is 4.42. The number of hydrazone groups is 1. The van der Waals surface area contributed by atoms with E-state index in [9.17, 15) is 9.59 Å². The highest BCUT2D eigenvalue weighted by molar-refractivity contribution is 6.02. The lowest BCUT2D eigenvalue weighted by atomic mass is 10.0. The van der Waals surface area contributed by atoms with Crippen molar-refractivity contribution in [3.8, 4) is 5.75 Å². The molecule has 3 aromatic carbocycles. The number of ether oxygens (including phenoxy) is 1. The van der Waals surface area contributed by atoms with Crippen molar-refractivity contribution in [1.82, 2.24) is 5.43 Å². The maximum absolute atomic E-state index is 12.1. The molecule has 0 saturated carbocycles. The van der Waals surface area contributed by atoms with Crippen LogP contribution in [-0.4, -0.2) is 24.6 Å². The summed E-state index contributed by atoms with van der Waals surface area (Å²) in [6, 6.07) is 19.2. The number of aryl methyl sites for hydroxylation is 1. The summed E-state index contributed by atoms with van der Waals surface area (Å²) in [5.74, 6) is 0.288. The number of fused-ring (bicyclic) bond motifs is 1. The SMILES string of the molecule is CCOc1ccc(C=NNC(=O)CCC(=O)Nc2ccccc2C)c2ccccc12. The molecule has 3 rings (SSSR count). The molecule has 0 radical (unpaired) electrons. The van der Waals surface area contributed by atoms with E-state index in [1.54, 1.807) is 6.21 Å². The Hall–Kier alpha value is -3.67. The van der Waals surface area contributed by atoms with Gasteiger partial charge in [-0.2, -0.15) is 5.10 Å². The molecule has 0 bridgehead atoms. The fourth-order valence-electron chi connectivity index (χ4n) is 3.07. The number of hydrogen-bond donors (Lipinski definition) is 2. The van der Waals surface area contributed by atoms with Crippen LogP contribution in [0.15, 0.2) is 65.8 Å². The van der Waals surface area contributed by atoms with Crippen molar-refractivity contribution in [1.29, 1.82) is 0 Å². The molecule has 6 nitrogen and oxygen atoms in total. The number of amides is 2. The van der Waals surface area contributed by atoms with E-state index in [2.05, 4.69) is 15.8 Å². The second-order valence-corrected chi connectivity index (χ2v) is 6.79. The minimum absolute atomic E-state index is 0.0546. The van der Waals surface area contributed by atoms with Crippen molar-refractivity contribution in [2.75, 3.05) is 11.9 Å². The third-order valence-electron chi connectivity index (χ3n) is 4.61. The minimum atomic E-state index is -0.318. The van der Waals surface area contributed by atoms with E-state index in [-0.39, 0.29) is 24.7 Å². The number of para-hydroxylation sites is 1. The summed E-state index contributed by atoms with van der Waals surface area (Å²) in [5.41, 5.74) is 5.08. The average molecular weight is 403 g/mol. The quantitative estimate of drug-likeness (QED) is 0.432. The van der Waals surface area contributed by atoms with E-state index in [1.807, 2.05) is 74.5 Å². The van der Waals surface area contributed by atoms with Gasteiger partial charge in [-0.1, -0.05) is 42.5 Å². The van der Waals surface area contributed by atoms with Crippen LogP contribution in [0.3, 0.4) is 0 Å². The van der Waals surface area contributed by atoms with Gasteiger partial charge in [-0.15, -0.1) is 0 Å². The van der Waals surface area contributed by atoms with Crippen LogP contribution >= 0.6 is 0 Å². The maximum atomic E-state index is 12.1. The molecular weight excluding hydrogens is 378 g/mol. The third-order valence-corrected chi connectivity index (χ3v) is 4.61. The zero-order valence-corrected chi connectivity index (χ0v) is 17.1. The van der Waals surface area contributed by atoms with Gasteiger partial charge in [-0.25, -0.2) is 5.43 Å². The molecule has 0 aromatic heterocycles. The van der Waals surface area contributed by atoms with Gasteiger partial charge in [0, 0.05) is 29.5 Å². The summed E-state index contributed by atoms with van der Waals surface area (Å²) in [6.45, 7) is 4.45. The number of carbonyl (C=O) groups is 2. The van der Waals surface area contributed by atoms with Crippen LogP contribution in [0.4, 0.5) is 5.69 Å². The normalized spacial score (nSPS) is 10.9. The van der Waals surface area contributed by atoms with Gasteiger partial charge in [0.2, 0.25) is 11.8 Å². The molecular formula is C24H25N3O3. The van der Waals surface area contributed by atoms with Crippen molar-refractivity contribution < 1.29 is 14.3 Å². The van der Waals surface area contributed by atoms with Crippen LogP contribution in [0, 0.1) is 6.92 Å². The molecule has 0 heterocycles. The topological polar surface area (TPSA) is 79.8 Å². The fourth-order valence-corrected chi connectivity index (χ4v) is 3.07. The molecule has 154 valence electrons. The molecule has 2 amide bonds. The second-order valence-electron chi connectivity index (χ2n) is 6.79. The zero-order chi connectivity index (χ0) is 21.3. The second kappa shape index (κ2) is 10.2. The van der Waals surface area contributed by atoms with Crippen molar-refractivity contribution in [2.24, 2.45) is 5.10 Å². The number of anilines is 1. The molecule has 0 fully saturated rings. The van der Waals surface area contributed by atoms with Gasteiger partial charge in [0.25, 0.3) is 0 Å². The predicted molar refractivity (Wildman–Crippen MR) is 120 cm³/mol. The van der Waals surface area contributed by atoms with Gasteiger partial charge in [-0.05, 0) is 43.0 Å². The molecule has 6 heteroatoms. The molecule has 2 N–H and O–H groups in total. The highest BCUT2D eigenvalue weighted by atomic mass is 16.5. The Morgan fingerprint density at radius 2 is 1.63 bits per heavy atom. The fraction of sp³-hybridized carbons (Fsp3) is 0.208. The van der Waals surface area contributed by atoms with E-state index in [0.717, 1.165) is 33.3 Å². The first-order chi connectivity index (χ1) is 14.6. The molecule has 0 unspecified atom stereocenters. The van der Waals surface area contributed by atoms with Crippen molar-refractivity contribution in [3.63, 3.8) is 0 Å². The van der Waals surface area contributed by atoms with Crippen LogP contribution in [-0.2, 0) is 9.59 Å². The maximum Gasteiger partial charge on any atom is 0.240 e. The number of rotatable bonds is 8. The minimum Gasteiger partial charge on any atom is -0.493 e. The highest BCUT2D eigenvalue weighted by Gasteiger charge is 2.08. The molecule has 3 aromatic rings. The summed E-state index contributed by atoms with van der Waals surface area (Å²) in [6.07, 6.45) is 1.74. The number of benzene rings is 3. The van der Waals surface area contributed by atoms with E-state index in [1.165, 1.54) is 0 Å². The van der Waals surface area contributed by atoms with Gasteiger partial charge in [0.15, 0.2) is 0 Å². The van der Waals surface area contributed by atoms with Gasteiger partial charge in [-0.3, -0.25) is 9.59 Å². The summed E-state index contributed by atoms with van der Waals surface area (Å²) in [7, 11) is 0. The van der Waals surface area contributed by atoms with Crippen molar-refractivity contribution in [3.05, 3.63) is 71.8 Å². The van der Waals surface area contributed by atoms with Gasteiger partial charge < -0.3 is 10.1 Å². The Labute approximate surface area is 175 Å². The first kappa shape index (κ1) is 21.0. The van der Waals surface area contributed by atoms with Crippen molar-refractivity contribution >= 4 is 34.5 Å². The number of nitrogens with zero attached hydrogens (tertiary/aromatic N) is 1. The van der Waals surface area contributed by atoms with E-state index in [4.69, 9.17) is 4.74 Å². The Morgan fingerprint density at radius 1 is 0.933 bits per heavy atom. The molecule has 30 heavy (non-hydrogen) atoms. The molecule has 0 atom stereocenters. The average Bonchev–Trinajstić information content (AvgIpc) is 2.75. The Bertz CT molecular complexity index is 1080. The van der Waals surface area contributed by atoms with Crippen molar-refractivity contribution in [2.45, 2.75) is 26.7 Å². The Kier molecular flexibility index (Phi) is 7.16. The Balaban J connectivity index is 1.55. The number of carbonyl (C=O) groups excluding carboxylic acids is 2. The first-order valence-corrected chi connectivity index (χ1v) is 9.90. The molecule has 0 saturated heterocycles. The van der Waals surface area contributed by atoms with E-state index in [0.29, 0.717) is 6.61 Å². The lowest BCUT2D eigenvalue weighted by Gasteiger charge is -2.09. The van der Waals surface area contributed by atoms with Gasteiger partial charge in [0.1, 0.15) is 5.75 Å². The summed E-state index contributed by atoms with van der Waals surface area (Å²) >= 11 is 0. The number of hydrogen-bond acceptors (Lipinski definition) is 4. The van der Waals surface area contributed by atoms with Crippen LogP contribution < -0.4 is 15.5 Å². The lowest BCUT2D eigenvalue weighted by molar-refractivity contribution is -0.124. The van der Waals surface area contributed by atoms with Gasteiger partial charge in [0.05, 0.1) is 12.8 Å². The lowest BCUT2D eigenvalue weighted by Crippen LogP contribution is -2.20. The van der Waals surface area contributed by atoms with Crippen LogP contribution in [0.1, 0.15) is 30.9 Å². The monoisotopic (exact) mass is 403 g/mol. The van der Waals surface area contributed by atoms with Crippen LogP contribution in [0.2, 0.25) is 0 Å². The molecule has 0 spiro atoms. The zero-order valence-electron chi connectivity index (χ0n) is 17.1. The summed E-state index contributed by atoms with van der Waals surface area (Å²) < 4.78 is 5.67. The van der Waals surface area contributed by atoms with Crippen LogP contribution in [0.5, 0.6) is 5.75 Å².